The van der Waals surface area contributed by atoms with Crippen molar-refractivity contribution >= 4 is 11.4 Å². The molecule has 2 nitrogen and oxygen atoms in total. The molecule has 0 fully saturated rings. The minimum absolute atomic E-state index is 0.237. The topological polar surface area (TPSA) is 23.5 Å². The van der Waals surface area contributed by atoms with Crippen LogP contribution in [0.1, 0.15) is 31.9 Å². The van der Waals surface area contributed by atoms with Gasteiger partial charge in [-0.15, -0.1) is 0 Å². The molecule has 1 N–H and O–H groups in total. The number of aliphatic hydroxyl groups is 1. The van der Waals surface area contributed by atoms with Crippen molar-refractivity contribution in [2.45, 2.75) is 26.4 Å². The van der Waals surface area contributed by atoms with Gasteiger partial charge in [-0.1, -0.05) is 25.1 Å². The number of anilines is 2. The Kier molecular flexibility index (Phi) is 4.74. The highest BCUT2D eigenvalue weighted by molar-refractivity contribution is 5.63. The fourth-order valence-corrected chi connectivity index (χ4v) is 2.27. The predicted octanol–water partition coefficient (Wildman–Crippen LogP) is 4.43. The lowest BCUT2D eigenvalue weighted by Crippen LogP contribution is -2.16. The molecule has 20 heavy (non-hydrogen) atoms. The summed E-state index contributed by atoms with van der Waals surface area (Å²) in [5.41, 5.74) is 2.73. The second-order valence-electron chi connectivity index (χ2n) is 4.74. The van der Waals surface area contributed by atoms with E-state index >= 15 is 0 Å². The number of rotatable bonds is 5. The number of halogens is 1. The number of aliphatic hydroxyl groups excluding tert-OH is 1. The van der Waals surface area contributed by atoms with Crippen LogP contribution in [0.5, 0.6) is 0 Å². The van der Waals surface area contributed by atoms with Crippen LogP contribution >= 0.6 is 0 Å². The van der Waals surface area contributed by atoms with Crippen molar-refractivity contribution in [2.75, 3.05) is 11.4 Å². The van der Waals surface area contributed by atoms with Gasteiger partial charge in [0, 0.05) is 17.9 Å². The molecule has 0 aliphatic carbocycles. The van der Waals surface area contributed by atoms with Crippen molar-refractivity contribution in [3.05, 3.63) is 59.9 Å². The number of hydrogen-bond donors (Lipinski definition) is 1. The molecule has 0 radical (unpaired) electrons. The second-order valence-corrected chi connectivity index (χ2v) is 4.74. The molecule has 0 bridgehead atoms. The van der Waals surface area contributed by atoms with Crippen LogP contribution in [0.15, 0.2) is 48.5 Å². The Bertz CT molecular complexity index is 553. The first-order chi connectivity index (χ1) is 9.65. The standard InChI is InChI=1S/C17H20FNO/c1-3-17(20)13-8-10-15(11-9-13)19(4-2)16-7-5-6-14(18)12-16/h5-12,17,20H,3-4H2,1-2H3/t17-/m1/s1. The van der Waals surface area contributed by atoms with Gasteiger partial charge in [-0.25, -0.2) is 4.39 Å². The van der Waals surface area contributed by atoms with Crippen LogP contribution in [0, 0.1) is 5.82 Å². The smallest absolute Gasteiger partial charge is 0.125 e. The Morgan fingerprint density at radius 2 is 1.75 bits per heavy atom. The molecule has 2 rings (SSSR count). The maximum Gasteiger partial charge on any atom is 0.125 e. The first-order valence-electron chi connectivity index (χ1n) is 6.96. The third-order valence-electron chi connectivity index (χ3n) is 3.41. The van der Waals surface area contributed by atoms with E-state index in [0.29, 0.717) is 6.42 Å². The maximum absolute atomic E-state index is 13.3. The van der Waals surface area contributed by atoms with Gasteiger partial charge in [0.1, 0.15) is 5.82 Å². The monoisotopic (exact) mass is 273 g/mol. The van der Waals surface area contributed by atoms with Crippen LogP contribution in [0.3, 0.4) is 0 Å². The SMILES string of the molecule is CC[C@@H](O)c1ccc(N(CC)c2cccc(F)c2)cc1. The summed E-state index contributed by atoms with van der Waals surface area (Å²) in [4.78, 5) is 2.03. The highest BCUT2D eigenvalue weighted by Gasteiger charge is 2.09. The zero-order valence-corrected chi connectivity index (χ0v) is 11.9. The van der Waals surface area contributed by atoms with Crippen LogP contribution in [-0.2, 0) is 0 Å². The van der Waals surface area contributed by atoms with Crippen LogP contribution in [0.25, 0.3) is 0 Å². The van der Waals surface area contributed by atoms with Gasteiger partial charge in [-0.05, 0) is 49.2 Å². The Morgan fingerprint density at radius 3 is 2.30 bits per heavy atom. The predicted molar refractivity (Wildman–Crippen MR) is 80.8 cm³/mol. The van der Waals surface area contributed by atoms with Crippen LogP contribution < -0.4 is 4.90 Å². The minimum atomic E-state index is -0.423. The second kappa shape index (κ2) is 6.53. The first-order valence-corrected chi connectivity index (χ1v) is 6.96. The Morgan fingerprint density at radius 1 is 1.05 bits per heavy atom. The molecule has 2 aromatic rings. The van der Waals surface area contributed by atoms with Gasteiger partial charge in [0.2, 0.25) is 0 Å². The van der Waals surface area contributed by atoms with Gasteiger partial charge in [0.05, 0.1) is 6.10 Å². The van der Waals surface area contributed by atoms with E-state index in [1.165, 1.54) is 12.1 Å². The summed E-state index contributed by atoms with van der Waals surface area (Å²) < 4.78 is 13.3. The summed E-state index contributed by atoms with van der Waals surface area (Å²) in [5.74, 6) is -0.237. The molecule has 0 aliphatic heterocycles. The van der Waals surface area contributed by atoms with Crippen molar-refractivity contribution in [3.8, 4) is 0 Å². The van der Waals surface area contributed by atoms with Gasteiger partial charge in [-0.3, -0.25) is 0 Å². The van der Waals surface area contributed by atoms with Crippen LogP contribution in [0.4, 0.5) is 15.8 Å². The molecule has 0 saturated carbocycles. The lowest BCUT2D eigenvalue weighted by atomic mass is 10.1. The summed E-state index contributed by atoms with van der Waals surface area (Å²) in [5, 5.41) is 9.81. The van der Waals surface area contributed by atoms with Crippen LogP contribution in [-0.4, -0.2) is 11.7 Å². The Hall–Kier alpha value is -1.87. The van der Waals surface area contributed by atoms with E-state index in [1.54, 1.807) is 6.07 Å². The molecular weight excluding hydrogens is 253 g/mol. The van der Waals surface area contributed by atoms with Gasteiger partial charge < -0.3 is 10.0 Å². The van der Waals surface area contributed by atoms with Crippen molar-refractivity contribution in [3.63, 3.8) is 0 Å². The van der Waals surface area contributed by atoms with E-state index in [-0.39, 0.29) is 5.82 Å². The van der Waals surface area contributed by atoms with Crippen molar-refractivity contribution in [1.29, 1.82) is 0 Å². The summed E-state index contributed by atoms with van der Waals surface area (Å²) in [6.45, 7) is 4.72. The fourth-order valence-electron chi connectivity index (χ4n) is 2.27. The lowest BCUT2D eigenvalue weighted by molar-refractivity contribution is 0.173. The quantitative estimate of drug-likeness (QED) is 0.871. The molecular formula is C17H20FNO. The third-order valence-corrected chi connectivity index (χ3v) is 3.41. The molecule has 0 spiro atoms. The molecule has 0 aromatic heterocycles. The van der Waals surface area contributed by atoms with Gasteiger partial charge in [0.15, 0.2) is 0 Å². The Labute approximate surface area is 119 Å². The molecule has 3 heteroatoms. The number of nitrogens with zero attached hydrogens (tertiary/aromatic N) is 1. The molecule has 0 aliphatic rings. The number of hydrogen-bond acceptors (Lipinski definition) is 2. The third kappa shape index (κ3) is 3.17. The average Bonchev–Trinajstić information content (AvgIpc) is 2.48. The van der Waals surface area contributed by atoms with Crippen molar-refractivity contribution < 1.29 is 9.50 Å². The summed E-state index contributed by atoms with van der Waals surface area (Å²) in [6.07, 6.45) is 0.272. The highest BCUT2D eigenvalue weighted by Crippen LogP contribution is 2.27. The normalized spacial score (nSPS) is 12.2. The average molecular weight is 273 g/mol. The van der Waals surface area contributed by atoms with Crippen LogP contribution in [0.2, 0.25) is 0 Å². The molecule has 2 aromatic carbocycles. The maximum atomic E-state index is 13.3. The number of benzene rings is 2. The summed E-state index contributed by atoms with van der Waals surface area (Å²) >= 11 is 0. The van der Waals surface area contributed by atoms with E-state index in [2.05, 4.69) is 0 Å². The van der Waals surface area contributed by atoms with E-state index in [0.717, 1.165) is 23.5 Å². The molecule has 0 heterocycles. The van der Waals surface area contributed by atoms with Crippen molar-refractivity contribution in [1.82, 2.24) is 0 Å². The first kappa shape index (κ1) is 14.5. The molecule has 0 amide bonds. The van der Waals surface area contributed by atoms with Gasteiger partial charge in [-0.2, -0.15) is 0 Å². The highest BCUT2D eigenvalue weighted by atomic mass is 19.1. The van der Waals surface area contributed by atoms with E-state index in [9.17, 15) is 9.50 Å². The van der Waals surface area contributed by atoms with Crippen molar-refractivity contribution in [2.24, 2.45) is 0 Å². The zero-order chi connectivity index (χ0) is 14.5. The van der Waals surface area contributed by atoms with E-state index in [4.69, 9.17) is 0 Å². The zero-order valence-electron chi connectivity index (χ0n) is 11.9. The molecule has 106 valence electrons. The molecule has 0 saturated heterocycles. The van der Waals surface area contributed by atoms with Gasteiger partial charge in [0.25, 0.3) is 0 Å². The summed E-state index contributed by atoms with van der Waals surface area (Å²) in [7, 11) is 0. The summed E-state index contributed by atoms with van der Waals surface area (Å²) in [6, 6.07) is 14.3. The fraction of sp³-hybridized carbons (Fsp3) is 0.294. The van der Waals surface area contributed by atoms with E-state index < -0.39 is 6.10 Å². The molecule has 0 unspecified atom stereocenters. The minimum Gasteiger partial charge on any atom is -0.388 e. The lowest BCUT2D eigenvalue weighted by Gasteiger charge is -2.24. The molecule has 1 atom stereocenters. The Balaban J connectivity index is 2.28. The van der Waals surface area contributed by atoms with E-state index in [1.807, 2.05) is 49.1 Å². The largest absolute Gasteiger partial charge is 0.388 e. The van der Waals surface area contributed by atoms with Gasteiger partial charge >= 0.3 is 0 Å².